The lowest BCUT2D eigenvalue weighted by Gasteiger charge is -2.10. The van der Waals surface area contributed by atoms with E-state index in [-0.39, 0.29) is 10.5 Å². The summed E-state index contributed by atoms with van der Waals surface area (Å²) in [6.45, 7) is 0. The number of carboxylic acid groups (broad SMARTS) is 1. The molecule has 7 heteroatoms. The third-order valence-electron chi connectivity index (χ3n) is 2.49. The van der Waals surface area contributed by atoms with Gasteiger partial charge < -0.3 is 5.11 Å². The molecular formula is C13H10BrNO4S. The average Bonchev–Trinajstić information content (AvgIpc) is 2.39. The highest BCUT2D eigenvalue weighted by Crippen LogP contribution is 2.25. The summed E-state index contributed by atoms with van der Waals surface area (Å²) in [6.07, 6.45) is 0. The van der Waals surface area contributed by atoms with E-state index in [0.717, 1.165) is 6.07 Å². The van der Waals surface area contributed by atoms with Gasteiger partial charge >= 0.3 is 5.97 Å². The molecule has 0 aliphatic rings. The van der Waals surface area contributed by atoms with Crippen LogP contribution in [-0.2, 0) is 10.0 Å². The molecule has 0 heterocycles. The lowest BCUT2D eigenvalue weighted by atomic mass is 10.2. The highest BCUT2D eigenvalue weighted by molar-refractivity contribution is 9.10. The van der Waals surface area contributed by atoms with Crippen molar-refractivity contribution in [3.63, 3.8) is 0 Å². The first-order valence-electron chi connectivity index (χ1n) is 5.51. The molecule has 0 fully saturated rings. The number of sulfonamides is 1. The molecule has 0 aliphatic heterocycles. The summed E-state index contributed by atoms with van der Waals surface area (Å²) in [7, 11) is -3.86. The highest BCUT2D eigenvalue weighted by Gasteiger charge is 2.19. The van der Waals surface area contributed by atoms with Crippen LogP contribution < -0.4 is 4.72 Å². The Hall–Kier alpha value is -1.86. The van der Waals surface area contributed by atoms with Crippen LogP contribution in [0.5, 0.6) is 0 Å². The van der Waals surface area contributed by atoms with Crippen molar-refractivity contribution < 1.29 is 18.3 Å². The molecule has 0 bridgehead atoms. The van der Waals surface area contributed by atoms with E-state index in [1.807, 2.05) is 0 Å². The van der Waals surface area contributed by atoms with Crippen molar-refractivity contribution in [2.45, 2.75) is 4.90 Å². The lowest BCUT2D eigenvalue weighted by molar-refractivity contribution is 0.0696. The minimum absolute atomic E-state index is 0.0957. The average molecular weight is 356 g/mol. The second-order valence-electron chi connectivity index (χ2n) is 3.92. The van der Waals surface area contributed by atoms with E-state index in [1.165, 1.54) is 12.1 Å². The van der Waals surface area contributed by atoms with Crippen molar-refractivity contribution in [3.05, 3.63) is 58.6 Å². The Morgan fingerprint density at radius 1 is 1.10 bits per heavy atom. The van der Waals surface area contributed by atoms with Gasteiger partial charge in [-0.25, -0.2) is 13.2 Å². The van der Waals surface area contributed by atoms with Gasteiger partial charge in [0.15, 0.2) is 0 Å². The molecule has 2 aromatic carbocycles. The van der Waals surface area contributed by atoms with E-state index in [9.17, 15) is 13.2 Å². The van der Waals surface area contributed by atoms with Crippen LogP contribution in [0.3, 0.4) is 0 Å². The van der Waals surface area contributed by atoms with Crippen LogP contribution in [-0.4, -0.2) is 19.5 Å². The van der Waals surface area contributed by atoms with Gasteiger partial charge in [0.25, 0.3) is 10.0 Å². The van der Waals surface area contributed by atoms with E-state index in [2.05, 4.69) is 20.7 Å². The first-order chi connectivity index (χ1) is 9.40. The molecular weight excluding hydrogens is 346 g/mol. The largest absolute Gasteiger partial charge is 0.478 e. The Balaban J connectivity index is 2.44. The molecule has 0 spiro atoms. The van der Waals surface area contributed by atoms with Gasteiger partial charge in [0.1, 0.15) is 4.90 Å². The number of para-hydroxylation sites is 1. The minimum Gasteiger partial charge on any atom is -0.478 e. The van der Waals surface area contributed by atoms with Crippen molar-refractivity contribution >= 4 is 37.6 Å². The van der Waals surface area contributed by atoms with Gasteiger partial charge in [-0.15, -0.1) is 0 Å². The zero-order valence-electron chi connectivity index (χ0n) is 10.1. The summed E-state index contributed by atoms with van der Waals surface area (Å²) in [6, 6.07) is 12.2. The molecule has 0 atom stereocenters. The molecule has 2 rings (SSSR count). The third kappa shape index (κ3) is 3.17. The molecule has 0 aromatic heterocycles. The zero-order chi connectivity index (χ0) is 14.8. The van der Waals surface area contributed by atoms with Crippen molar-refractivity contribution in [2.75, 3.05) is 4.72 Å². The van der Waals surface area contributed by atoms with E-state index in [1.54, 1.807) is 30.3 Å². The Kier molecular flexibility index (Phi) is 4.10. The van der Waals surface area contributed by atoms with Gasteiger partial charge in [-0.1, -0.05) is 18.2 Å². The van der Waals surface area contributed by atoms with Crippen LogP contribution >= 0.6 is 15.9 Å². The number of rotatable bonds is 4. The lowest BCUT2D eigenvalue weighted by Crippen LogP contribution is -2.14. The fourth-order valence-electron chi connectivity index (χ4n) is 1.56. The number of carboxylic acids is 1. The second kappa shape index (κ2) is 5.64. The zero-order valence-corrected chi connectivity index (χ0v) is 12.5. The van der Waals surface area contributed by atoms with Gasteiger partial charge in [0, 0.05) is 10.2 Å². The molecule has 0 unspecified atom stereocenters. The Labute approximate surface area is 124 Å². The summed E-state index contributed by atoms with van der Waals surface area (Å²) >= 11 is 3.12. The SMILES string of the molecule is O=C(O)c1ccc(Br)c(S(=O)(=O)Nc2ccccc2)c1. The van der Waals surface area contributed by atoms with Crippen LogP contribution in [0, 0.1) is 0 Å². The van der Waals surface area contributed by atoms with E-state index in [0.29, 0.717) is 10.2 Å². The van der Waals surface area contributed by atoms with Gasteiger partial charge in [0.2, 0.25) is 0 Å². The minimum atomic E-state index is -3.86. The Bertz CT molecular complexity index is 744. The van der Waals surface area contributed by atoms with E-state index >= 15 is 0 Å². The predicted molar refractivity (Wildman–Crippen MR) is 78.4 cm³/mol. The molecule has 0 saturated heterocycles. The number of nitrogens with one attached hydrogen (secondary N) is 1. The van der Waals surface area contributed by atoms with E-state index < -0.39 is 16.0 Å². The number of benzene rings is 2. The first-order valence-corrected chi connectivity index (χ1v) is 7.78. The molecule has 0 amide bonds. The number of anilines is 1. The molecule has 2 aromatic rings. The molecule has 20 heavy (non-hydrogen) atoms. The van der Waals surface area contributed by atoms with Crippen molar-refractivity contribution in [2.24, 2.45) is 0 Å². The molecule has 0 aliphatic carbocycles. The molecule has 5 nitrogen and oxygen atoms in total. The predicted octanol–water partition coefficient (Wildman–Crippen LogP) is 2.95. The maximum Gasteiger partial charge on any atom is 0.335 e. The van der Waals surface area contributed by atoms with E-state index in [4.69, 9.17) is 5.11 Å². The number of aromatic carboxylic acids is 1. The summed E-state index contributed by atoms with van der Waals surface area (Å²) in [5.41, 5.74) is 0.307. The molecule has 2 N–H and O–H groups in total. The summed E-state index contributed by atoms with van der Waals surface area (Å²) in [5, 5.41) is 8.93. The first kappa shape index (κ1) is 14.5. The maximum absolute atomic E-state index is 12.3. The number of halogens is 1. The maximum atomic E-state index is 12.3. The van der Waals surface area contributed by atoms with Gasteiger partial charge in [-0.2, -0.15) is 0 Å². The van der Waals surface area contributed by atoms with Crippen molar-refractivity contribution in [1.82, 2.24) is 0 Å². The Morgan fingerprint density at radius 2 is 1.75 bits per heavy atom. The molecule has 0 saturated carbocycles. The Morgan fingerprint density at radius 3 is 2.35 bits per heavy atom. The van der Waals surface area contributed by atoms with Gasteiger partial charge in [-0.05, 0) is 46.3 Å². The summed E-state index contributed by atoms with van der Waals surface area (Å²) in [5.74, 6) is -1.19. The quantitative estimate of drug-likeness (QED) is 0.882. The van der Waals surface area contributed by atoms with Crippen LogP contribution in [0.1, 0.15) is 10.4 Å². The standard InChI is InChI=1S/C13H10BrNO4S/c14-11-7-6-9(13(16)17)8-12(11)20(18,19)15-10-4-2-1-3-5-10/h1-8,15H,(H,16,17). The third-order valence-corrected chi connectivity index (χ3v) is 4.87. The van der Waals surface area contributed by atoms with Crippen LogP contribution in [0.15, 0.2) is 57.9 Å². The fourth-order valence-corrected chi connectivity index (χ4v) is 3.61. The highest BCUT2D eigenvalue weighted by atomic mass is 79.9. The summed E-state index contributed by atoms with van der Waals surface area (Å²) < 4.78 is 27.2. The number of carbonyl (C=O) groups is 1. The van der Waals surface area contributed by atoms with Crippen molar-refractivity contribution in [1.29, 1.82) is 0 Å². The van der Waals surface area contributed by atoms with Crippen LogP contribution in [0.25, 0.3) is 0 Å². The molecule has 0 radical (unpaired) electrons. The smallest absolute Gasteiger partial charge is 0.335 e. The fraction of sp³-hybridized carbons (Fsp3) is 0. The van der Waals surface area contributed by atoms with Crippen LogP contribution in [0.2, 0.25) is 0 Å². The van der Waals surface area contributed by atoms with Gasteiger partial charge in [0.05, 0.1) is 5.56 Å². The monoisotopic (exact) mass is 355 g/mol. The van der Waals surface area contributed by atoms with Crippen molar-refractivity contribution in [3.8, 4) is 0 Å². The topological polar surface area (TPSA) is 83.5 Å². The molecule has 104 valence electrons. The normalized spacial score (nSPS) is 11.1. The number of hydrogen-bond donors (Lipinski definition) is 2. The van der Waals surface area contributed by atoms with Gasteiger partial charge in [-0.3, -0.25) is 4.72 Å². The summed E-state index contributed by atoms with van der Waals surface area (Å²) in [4.78, 5) is 10.8. The number of hydrogen-bond acceptors (Lipinski definition) is 3. The second-order valence-corrected chi connectivity index (χ2v) is 6.43. The van der Waals surface area contributed by atoms with Crippen LogP contribution in [0.4, 0.5) is 5.69 Å².